The third kappa shape index (κ3) is 5.02. The lowest BCUT2D eigenvalue weighted by Crippen LogP contribution is -2.45. The predicted octanol–water partition coefficient (Wildman–Crippen LogP) is 3.07. The van der Waals surface area contributed by atoms with Gasteiger partial charge in [0.2, 0.25) is 0 Å². The van der Waals surface area contributed by atoms with E-state index < -0.39 is 9.84 Å². The summed E-state index contributed by atoms with van der Waals surface area (Å²) in [7, 11) is -3.11. The highest BCUT2D eigenvalue weighted by Crippen LogP contribution is 2.25. The Hall–Kier alpha value is -2.38. The van der Waals surface area contributed by atoms with E-state index in [9.17, 15) is 13.2 Å². The van der Waals surface area contributed by atoms with Crippen molar-refractivity contribution in [1.29, 1.82) is 0 Å². The van der Waals surface area contributed by atoms with Crippen LogP contribution < -0.4 is 4.74 Å². The lowest BCUT2D eigenvalue weighted by atomic mass is 10.0. The maximum absolute atomic E-state index is 13.6. The largest absolute Gasteiger partial charge is 0.489 e. The molecule has 6 nitrogen and oxygen atoms in total. The highest BCUT2D eigenvalue weighted by Gasteiger charge is 2.37. The van der Waals surface area contributed by atoms with Crippen molar-refractivity contribution in [3.05, 3.63) is 65.7 Å². The number of rotatable bonds is 7. The first kappa shape index (κ1) is 20.9. The van der Waals surface area contributed by atoms with E-state index in [1.165, 1.54) is 0 Å². The molecule has 7 heteroatoms. The van der Waals surface area contributed by atoms with Gasteiger partial charge in [-0.1, -0.05) is 36.4 Å². The lowest BCUT2D eigenvalue weighted by Gasteiger charge is -2.31. The summed E-state index contributed by atoms with van der Waals surface area (Å²) < 4.78 is 35.8. The SMILES string of the molecule is O=C(c1ccccc1COc1ccccc1)N(C[C@H]1CCCO1)[C@@H]1CCS(=O)(=O)C1. The quantitative estimate of drug-likeness (QED) is 0.676. The van der Waals surface area contributed by atoms with Gasteiger partial charge < -0.3 is 14.4 Å². The third-order valence-corrected chi connectivity index (χ3v) is 7.47. The molecule has 160 valence electrons. The Morgan fingerprint density at radius 1 is 1.07 bits per heavy atom. The number of hydrogen-bond acceptors (Lipinski definition) is 5. The second-order valence-corrected chi connectivity index (χ2v) is 10.1. The smallest absolute Gasteiger partial charge is 0.254 e. The summed E-state index contributed by atoms with van der Waals surface area (Å²) in [6, 6.07) is 16.5. The van der Waals surface area contributed by atoms with Crippen LogP contribution in [0.25, 0.3) is 0 Å². The Bertz CT molecular complexity index is 970. The van der Waals surface area contributed by atoms with Crippen LogP contribution in [0.4, 0.5) is 0 Å². The van der Waals surface area contributed by atoms with Crippen molar-refractivity contribution in [3.8, 4) is 5.75 Å². The fraction of sp³-hybridized carbons (Fsp3) is 0.435. The number of carbonyl (C=O) groups excluding carboxylic acids is 1. The molecule has 0 N–H and O–H groups in total. The van der Waals surface area contributed by atoms with Crippen molar-refractivity contribution in [3.63, 3.8) is 0 Å². The van der Waals surface area contributed by atoms with Gasteiger partial charge in [-0.15, -0.1) is 0 Å². The minimum atomic E-state index is -3.11. The lowest BCUT2D eigenvalue weighted by molar-refractivity contribution is 0.0439. The van der Waals surface area contributed by atoms with E-state index >= 15 is 0 Å². The topological polar surface area (TPSA) is 72.9 Å². The van der Waals surface area contributed by atoms with Crippen molar-refractivity contribution in [1.82, 2.24) is 4.90 Å². The second-order valence-electron chi connectivity index (χ2n) is 7.91. The fourth-order valence-corrected chi connectivity index (χ4v) is 5.84. The summed E-state index contributed by atoms with van der Waals surface area (Å²) in [5, 5.41) is 0. The highest BCUT2D eigenvalue weighted by atomic mass is 32.2. The number of para-hydroxylation sites is 1. The molecule has 30 heavy (non-hydrogen) atoms. The molecule has 1 amide bonds. The predicted molar refractivity (Wildman–Crippen MR) is 114 cm³/mol. The summed E-state index contributed by atoms with van der Waals surface area (Å²) in [5.74, 6) is 0.734. The van der Waals surface area contributed by atoms with Gasteiger partial charge in [0.05, 0.1) is 17.6 Å². The van der Waals surface area contributed by atoms with Gasteiger partial charge in [-0.2, -0.15) is 0 Å². The van der Waals surface area contributed by atoms with Crippen LogP contribution in [-0.2, 0) is 21.2 Å². The summed E-state index contributed by atoms with van der Waals surface area (Å²) in [6.45, 7) is 1.38. The van der Waals surface area contributed by atoms with Gasteiger partial charge in [0, 0.05) is 30.3 Å². The first-order chi connectivity index (χ1) is 14.5. The molecule has 2 heterocycles. The van der Waals surface area contributed by atoms with Crippen molar-refractivity contribution >= 4 is 15.7 Å². The second kappa shape index (κ2) is 9.18. The molecule has 4 rings (SSSR count). The number of benzene rings is 2. The van der Waals surface area contributed by atoms with E-state index in [4.69, 9.17) is 9.47 Å². The van der Waals surface area contributed by atoms with Crippen molar-refractivity contribution in [2.24, 2.45) is 0 Å². The van der Waals surface area contributed by atoms with E-state index in [0.717, 1.165) is 24.2 Å². The standard InChI is InChI=1S/C23H27NO5S/c25-23(22-11-5-4-7-18(22)16-29-20-8-2-1-3-9-20)24(15-21-10-6-13-28-21)19-12-14-30(26,27)17-19/h1-5,7-9,11,19,21H,6,10,12-17H2/t19-,21-/m1/s1. The Labute approximate surface area is 177 Å². The monoisotopic (exact) mass is 429 g/mol. The molecular weight excluding hydrogens is 402 g/mol. The first-order valence-electron chi connectivity index (χ1n) is 10.4. The minimum absolute atomic E-state index is 0.0220. The van der Waals surface area contributed by atoms with Crippen LogP contribution in [0.5, 0.6) is 5.75 Å². The van der Waals surface area contributed by atoms with Crippen molar-refractivity contribution in [2.75, 3.05) is 24.7 Å². The molecule has 2 aromatic carbocycles. The van der Waals surface area contributed by atoms with Crippen LogP contribution in [0.15, 0.2) is 54.6 Å². The molecule has 0 radical (unpaired) electrons. The van der Waals surface area contributed by atoms with Gasteiger partial charge >= 0.3 is 0 Å². The molecule has 2 aliphatic heterocycles. The van der Waals surface area contributed by atoms with Crippen LogP contribution in [0.1, 0.15) is 35.2 Å². The van der Waals surface area contributed by atoms with Gasteiger partial charge in [-0.05, 0) is 37.5 Å². The molecule has 2 saturated heterocycles. The van der Waals surface area contributed by atoms with Crippen LogP contribution >= 0.6 is 0 Å². The Morgan fingerprint density at radius 3 is 2.53 bits per heavy atom. The first-order valence-corrected chi connectivity index (χ1v) is 12.2. The van der Waals surface area contributed by atoms with E-state index in [2.05, 4.69) is 0 Å². The maximum atomic E-state index is 13.6. The van der Waals surface area contributed by atoms with Gasteiger partial charge in [-0.3, -0.25) is 4.79 Å². The molecule has 0 spiro atoms. The van der Waals surface area contributed by atoms with Crippen molar-refractivity contribution in [2.45, 2.75) is 38.0 Å². The zero-order valence-corrected chi connectivity index (χ0v) is 17.7. The van der Waals surface area contributed by atoms with E-state index in [1.807, 2.05) is 48.5 Å². The summed E-state index contributed by atoms with van der Waals surface area (Å²) >= 11 is 0. The number of sulfone groups is 1. The van der Waals surface area contributed by atoms with Gasteiger partial charge in [-0.25, -0.2) is 8.42 Å². The number of hydrogen-bond donors (Lipinski definition) is 0. The van der Waals surface area contributed by atoms with Crippen LogP contribution in [-0.4, -0.2) is 56.0 Å². The van der Waals surface area contributed by atoms with Gasteiger partial charge in [0.25, 0.3) is 5.91 Å². The average Bonchev–Trinajstić information content (AvgIpc) is 3.40. The molecule has 2 aliphatic rings. The van der Waals surface area contributed by atoms with E-state index in [1.54, 1.807) is 11.0 Å². The molecule has 2 aromatic rings. The zero-order chi connectivity index (χ0) is 21.0. The molecule has 2 fully saturated rings. The minimum Gasteiger partial charge on any atom is -0.489 e. The molecule has 0 unspecified atom stereocenters. The number of carbonyl (C=O) groups is 1. The van der Waals surface area contributed by atoms with Gasteiger partial charge in [0.15, 0.2) is 9.84 Å². The number of nitrogens with zero attached hydrogens (tertiary/aromatic N) is 1. The van der Waals surface area contributed by atoms with Crippen molar-refractivity contribution < 1.29 is 22.7 Å². The Balaban J connectivity index is 1.56. The number of ether oxygens (including phenoxy) is 2. The van der Waals surface area contributed by atoms with Crippen LogP contribution in [0.3, 0.4) is 0 Å². The Kier molecular flexibility index (Phi) is 6.39. The normalized spacial score (nSPS) is 22.7. The van der Waals surface area contributed by atoms with E-state index in [-0.39, 0.29) is 36.2 Å². The average molecular weight is 430 g/mol. The van der Waals surface area contributed by atoms with Gasteiger partial charge in [0.1, 0.15) is 12.4 Å². The summed E-state index contributed by atoms with van der Waals surface area (Å²) in [4.78, 5) is 15.3. The molecule has 0 saturated carbocycles. The molecule has 2 atom stereocenters. The Morgan fingerprint density at radius 2 is 1.83 bits per heavy atom. The van der Waals surface area contributed by atoms with Crippen LogP contribution in [0.2, 0.25) is 0 Å². The number of amides is 1. The van der Waals surface area contributed by atoms with Crippen LogP contribution in [0, 0.1) is 0 Å². The molecular formula is C23H27NO5S. The summed E-state index contributed by atoms with van der Waals surface area (Å²) in [5.41, 5.74) is 1.33. The molecule has 0 bridgehead atoms. The third-order valence-electron chi connectivity index (χ3n) is 5.72. The molecule has 0 aromatic heterocycles. The fourth-order valence-electron chi connectivity index (χ4n) is 4.11. The maximum Gasteiger partial charge on any atom is 0.254 e. The van der Waals surface area contributed by atoms with E-state index in [0.29, 0.717) is 25.1 Å². The zero-order valence-electron chi connectivity index (χ0n) is 16.9. The summed E-state index contributed by atoms with van der Waals surface area (Å²) in [6.07, 6.45) is 2.30. The molecule has 0 aliphatic carbocycles. The highest BCUT2D eigenvalue weighted by molar-refractivity contribution is 7.91.